The average molecular weight is 292 g/mol. The minimum atomic E-state index is -1.52. The Hall–Kier alpha value is -1.04. The van der Waals surface area contributed by atoms with Crippen LogP contribution in [0.2, 0.25) is 19.6 Å². The molecule has 0 radical (unpaired) electrons. The van der Waals surface area contributed by atoms with Crippen molar-refractivity contribution in [2.75, 3.05) is 6.61 Å². The molecule has 0 aromatic carbocycles. The van der Waals surface area contributed by atoms with Gasteiger partial charge in [0.2, 0.25) is 0 Å². The van der Waals surface area contributed by atoms with Gasteiger partial charge in [-0.1, -0.05) is 52.1 Å². The number of aliphatic hydroxyl groups is 1. The van der Waals surface area contributed by atoms with E-state index in [2.05, 4.69) is 43.6 Å². The molecule has 1 N–H and O–H groups in total. The summed E-state index contributed by atoms with van der Waals surface area (Å²) >= 11 is 0. The molecule has 0 unspecified atom stereocenters. The third-order valence-electron chi connectivity index (χ3n) is 3.07. The molecular formula is C16H24O3Si. The van der Waals surface area contributed by atoms with Gasteiger partial charge >= 0.3 is 0 Å². The molecule has 3 nitrogen and oxygen atoms in total. The fourth-order valence-electron chi connectivity index (χ4n) is 1.83. The van der Waals surface area contributed by atoms with Gasteiger partial charge in [0.25, 0.3) is 5.79 Å². The predicted molar refractivity (Wildman–Crippen MR) is 83.5 cm³/mol. The van der Waals surface area contributed by atoms with Crippen molar-refractivity contribution in [1.82, 2.24) is 0 Å². The third-order valence-corrected chi connectivity index (χ3v) is 3.96. The first-order valence-electron chi connectivity index (χ1n) is 6.69. The molecule has 20 heavy (non-hydrogen) atoms. The fourth-order valence-corrected chi connectivity index (χ4v) is 2.41. The fraction of sp³-hybridized carbons (Fsp3) is 0.625. The van der Waals surface area contributed by atoms with Crippen LogP contribution >= 0.6 is 0 Å². The van der Waals surface area contributed by atoms with Gasteiger partial charge in [-0.2, -0.15) is 0 Å². The van der Waals surface area contributed by atoms with Crippen LogP contribution in [0.1, 0.15) is 13.8 Å². The van der Waals surface area contributed by atoms with Crippen LogP contribution in [-0.2, 0) is 9.47 Å². The number of ether oxygens (including phenoxy) is 2. The van der Waals surface area contributed by atoms with Gasteiger partial charge in [-0.05, 0) is 5.92 Å². The number of hydrogen-bond donors (Lipinski definition) is 1. The van der Waals surface area contributed by atoms with Gasteiger partial charge in [0.15, 0.2) is 0 Å². The molecule has 0 spiro atoms. The number of terminal acetylenes is 1. The first-order chi connectivity index (χ1) is 9.06. The molecule has 1 saturated heterocycles. The minimum Gasteiger partial charge on any atom is -0.386 e. The van der Waals surface area contributed by atoms with Crippen molar-refractivity contribution in [3.05, 3.63) is 12.7 Å². The second-order valence-electron chi connectivity index (χ2n) is 6.79. The van der Waals surface area contributed by atoms with Crippen molar-refractivity contribution >= 4 is 8.07 Å². The topological polar surface area (TPSA) is 38.7 Å². The monoisotopic (exact) mass is 292 g/mol. The van der Waals surface area contributed by atoms with Gasteiger partial charge in [-0.25, -0.2) is 0 Å². The zero-order chi connectivity index (χ0) is 15.6. The Morgan fingerprint density at radius 2 is 2.10 bits per heavy atom. The average Bonchev–Trinajstić information content (AvgIpc) is 2.58. The Kier molecular flexibility index (Phi) is 4.89. The summed E-state index contributed by atoms with van der Waals surface area (Å²) in [6.07, 6.45) is 5.65. The summed E-state index contributed by atoms with van der Waals surface area (Å²) in [5.41, 5.74) is 2.76. The van der Waals surface area contributed by atoms with Gasteiger partial charge < -0.3 is 14.6 Å². The lowest BCUT2D eigenvalue weighted by Crippen LogP contribution is -2.47. The standard InChI is InChI=1S/C16H24O3Si/c1-8-13(10-11-20(5,6)7)19-16(9-2)14(17)15(3,4)12-18-16/h2,8,13-14,17H,1,12H2,3-7H3/t13-,14+,16-/m0/s1. The van der Waals surface area contributed by atoms with E-state index in [1.807, 2.05) is 13.8 Å². The molecule has 0 aromatic heterocycles. The first kappa shape index (κ1) is 17.0. The zero-order valence-electron chi connectivity index (χ0n) is 13.0. The van der Waals surface area contributed by atoms with Crippen LogP contribution in [0.15, 0.2) is 12.7 Å². The second-order valence-corrected chi connectivity index (χ2v) is 11.5. The lowest BCUT2D eigenvalue weighted by molar-refractivity contribution is -0.213. The molecule has 0 bridgehead atoms. The molecule has 0 saturated carbocycles. The zero-order valence-corrected chi connectivity index (χ0v) is 14.0. The van der Waals surface area contributed by atoms with E-state index in [0.717, 1.165) is 0 Å². The van der Waals surface area contributed by atoms with Gasteiger partial charge in [0.1, 0.15) is 20.3 Å². The Morgan fingerprint density at radius 3 is 2.45 bits per heavy atom. The summed E-state index contributed by atoms with van der Waals surface area (Å²) in [6.45, 7) is 14.2. The van der Waals surface area contributed by atoms with Crippen molar-refractivity contribution in [3.8, 4) is 23.8 Å². The van der Waals surface area contributed by atoms with E-state index in [0.29, 0.717) is 6.61 Å². The van der Waals surface area contributed by atoms with Crippen LogP contribution in [0.5, 0.6) is 0 Å². The highest BCUT2D eigenvalue weighted by Gasteiger charge is 2.54. The normalized spacial score (nSPS) is 29.9. The highest BCUT2D eigenvalue weighted by atomic mass is 28.3. The minimum absolute atomic E-state index is 0.337. The predicted octanol–water partition coefficient (Wildman–Crippen LogP) is 2.19. The lowest BCUT2D eigenvalue weighted by atomic mass is 9.86. The number of aliphatic hydroxyl groups excluding tert-OH is 1. The van der Waals surface area contributed by atoms with E-state index in [-0.39, 0.29) is 0 Å². The van der Waals surface area contributed by atoms with Crippen molar-refractivity contribution in [3.63, 3.8) is 0 Å². The highest BCUT2D eigenvalue weighted by Crippen LogP contribution is 2.40. The molecule has 1 fully saturated rings. The molecule has 0 aromatic rings. The van der Waals surface area contributed by atoms with E-state index in [9.17, 15) is 5.11 Å². The van der Waals surface area contributed by atoms with E-state index < -0.39 is 31.5 Å². The lowest BCUT2D eigenvalue weighted by Gasteiger charge is -2.31. The van der Waals surface area contributed by atoms with Crippen LogP contribution in [0.3, 0.4) is 0 Å². The highest BCUT2D eigenvalue weighted by molar-refractivity contribution is 6.83. The summed E-state index contributed by atoms with van der Waals surface area (Å²) < 4.78 is 11.3. The molecule has 110 valence electrons. The summed E-state index contributed by atoms with van der Waals surface area (Å²) in [4.78, 5) is 0. The Labute approximate surface area is 123 Å². The van der Waals surface area contributed by atoms with Crippen LogP contribution < -0.4 is 0 Å². The largest absolute Gasteiger partial charge is 0.386 e. The van der Waals surface area contributed by atoms with E-state index in [4.69, 9.17) is 15.9 Å². The molecule has 4 heteroatoms. The van der Waals surface area contributed by atoms with Gasteiger partial charge in [-0.3, -0.25) is 0 Å². The van der Waals surface area contributed by atoms with Crippen molar-refractivity contribution in [2.24, 2.45) is 5.41 Å². The molecule has 0 aliphatic carbocycles. The van der Waals surface area contributed by atoms with E-state index in [1.165, 1.54) is 0 Å². The quantitative estimate of drug-likeness (QED) is 0.492. The second kappa shape index (κ2) is 5.75. The Bertz CT molecular complexity index is 473. The Morgan fingerprint density at radius 1 is 1.50 bits per heavy atom. The van der Waals surface area contributed by atoms with E-state index >= 15 is 0 Å². The van der Waals surface area contributed by atoms with Crippen LogP contribution in [0.25, 0.3) is 0 Å². The van der Waals surface area contributed by atoms with Crippen LogP contribution in [0, 0.1) is 29.2 Å². The van der Waals surface area contributed by atoms with Crippen molar-refractivity contribution in [1.29, 1.82) is 0 Å². The summed E-state index contributed by atoms with van der Waals surface area (Å²) in [6, 6.07) is 0. The molecule has 1 aliphatic rings. The summed E-state index contributed by atoms with van der Waals surface area (Å²) in [7, 11) is -1.52. The molecule has 1 heterocycles. The van der Waals surface area contributed by atoms with E-state index in [1.54, 1.807) is 6.08 Å². The SMILES string of the molecule is C#C[C@@]1(O[C@H](C#C[Si](C)(C)C)C=C)OCC(C)(C)[C@H]1O. The van der Waals surface area contributed by atoms with Gasteiger partial charge in [-0.15, -0.1) is 12.0 Å². The van der Waals surface area contributed by atoms with Crippen molar-refractivity contribution < 1.29 is 14.6 Å². The molecule has 1 rings (SSSR count). The van der Waals surface area contributed by atoms with Crippen LogP contribution in [0.4, 0.5) is 0 Å². The Balaban J connectivity index is 2.96. The maximum atomic E-state index is 10.4. The number of rotatable bonds is 3. The van der Waals surface area contributed by atoms with Crippen molar-refractivity contribution in [2.45, 2.75) is 51.5 Å². The first-order valence-corrected chi connectivity index (χ1v) is 10.2. The number of hydrogen-bond acceptors (Lipinski definition) is 3. The molecule has 3 atom stereocenters. The molecule has 1 aliphatic heterocycles. The third kappa shape index (κ3) is 3.74. The molecular weight excluding hydrogens is 268 g/mol. The van der Waals surface area contributed by atoms with Crippen LogP contribution in [-0.4, -0.2) is 37.8 Å². The maximum absolute atomic E-state index is 10.4. The van der Waals surface area contributed by atoms with Gasteiger partial charge in [0, 0.05) is 5.41 Å². The maximum Gasteiger partial charge on any atom is 0.262 e. The smallest absolute Gasteiger partial charge is 0.262 e. The summed E-state index contributed by atoms with van der Waals surface area (Å²) in [5.74, 6) is 4.03. The summed E-state index contributed by atoms with van der Waals surface area (Å²) in [5, 5.41) is 10.4. The van der Waals surface area contributed by atoms with Gasteiger partial charge in [0.05, 0.1) is 6.61 Å². The molecule has 0 amide bonds.